The lowest BCUT2D eigenvalue weighted by Crippen LogP contribution is -2.46. The van der Waals surface area contributed by atoms with Crippen LogP contribution in [0.25, 0.3) is 0 Å². The summed E-state index contributed by atoms with van der Waals surface area (Å²) in [6.45, 7) is 7.68. The Kier molecular flexibility index (Phi) is 9.17. The lowest BCUT2D eigenvalue weighted by molar-refractivity contribution is -0.120. The molecule has 0 amide bonds. The molecule has 0 radical (unpaired) electrons. The van der Waals surface area contributed by atoms with Crippen molar-refractivity contribution in [2.45, 2.75) is 56.7 Å². The van der Waals surface area contributed by atoms with Crippen LogP contribution in [0.5, 0.6) is 11.5 Å². The predicted octanol–water partition coefficient (Wildman–Crippen LogP) is 6.20. The van der Waals surface area contributed by atoms with Crippen LogP contribution in [0.3, 0.4) is 0 Å². The zero-order chi connectivity index (χ0) is 26.4. The first kappa shape index (κ1) is 27.5. The van der Waals surface area contributed by atoms with Gasteiger partial charge in [-0.2, -0.15) is 0 Å². The molecule has 0 aliphatic heterocycles. The topological polar surface area (TPSA) is 66.0 Å². The maximum atomic E-state index is 11.0. The van der Waals surface area contributed by atoms with E-state index < -0.39 is 0 Å². The van der Waals surface area contributed by atoms with Gasteiger partial charge in [0.25, 0.3) is 6.47 Å². The van der Waals surface area contributed by atoms with Crippen molar-refractivity contribution in [3.63, 3.8) is 0 Å². The summed E-state index contributed by atoms with van der Waals surface area (Å²) in [5, 5.41) is 4.31. The number of aryl methyl sites for hydroxylation is 1. The molecule has 5 atom stereocenters. The number of nitrogens with one attached hydrogen (secondary N) is 1. The molecule has 0 spiro atoms. The van der Waals surface area contributed by atoms with Crippen molar-refractivity contribution in [1.29, 1.82) is 0 Å². The van der Waals surface area contributed by atoms with Crippen molar-refractivity contribution in [2.24, 2.45) is 11.8 Å². The molecule has 1 N–H and O–H groups in total. The Morgan fingerprint density at radius 1 is 1.19 bits per heavy atom. The van der Waals surface area contributed by atoms with Crippen LogP contribution in [0.2, 0.25) is 5.02 Å². The normalized spacial score (nSPS) is 24.2. The van der Waals surface area contributed by atoms with E-state index >= 15 is 0 Å². The van der Waals surface area contributed by atoms with E-state index in [4.69, 9.17) is 30.5 Å². The fraction of sp³-hybridized carbons (Fsp3) is 0.500. The number of methoxy groups -OCH3 is 2. The van der Waals surface area contributed by atoms with Crippen LogP contribution in [0.4, 0.5) is 5.69 Å². The van der Waals surface area contributed by atoms with Gasteiger partial charge in [-0.3, -0.25) is 4.79 Å². The number of carbonyl (C=O) groups excluding carboxylic acids is 1. The van der Waals surface area contributed by atoms with Gasteiger partial charge in [0.15, 0.2) is 0 Å². The van der Waals surface area contributed by atoms with Crippen LogP contribution >= 0.6 is 11.6 Å². The highest BCUT2D eigenvalue weighted by molar-refractivity contribution is 6.30. The molecule has 6 nitrogen and oxygen atoms in total. The van der Waals surface area contributed by atoms with Crippen molar-refractivity contribution in [3.05, 3.63) is 65.2 Å². The van der Waals surface area contributed by atoms with E-state index in [1.807, 2.05) is 24.3 Å². The number of ether oxygens (including phenoxy) is 4. The average molecular weight is 528 g/mol. The summed E-state index contributed by atoms with van der Waals surface area (Å²) < 4.78 is 23.2. The molecule has 4 rings (SSSR count). The lowest BCUT2D eigenvalue weighted by atomic mass is 9.67. The first-order valence-electron chi connectivity index (χ1n) is 13.0. The largest absolute Gasteiger partial charge is 0.490 e. The summed E-state index contributed by atoms with van der Waals surface area (Å²) in [6, 6.07) is 11.6. The highest BCUT2D eigenvalue weighted by atomic mass is 35.5. The Bertz CT molecular complexity index is 1090. The molecular formula is C30H38ClNO5. The maximum absolute atomic E-state index is 11.0. The maximum Gasteiger partial charge on any atom is 0.298 e. The molecule has 1 fully saturated rings. The zero-order valence-corrected chi connectivity index (χ0v) is 22.8. The van der Waals surface area contributed by atoms with Gasteiger partial charge in [0, 0.05) is 31.9 Å². The molecule has 0 saturated heterocycles. The van der Waals surface area contributed by atoms with Crippen molar-refractivity contribution < 1.29 is 23.7 Å². The van der Waals surface area contributed by atoms with E-state index in [1.54, 1.807) is 20.3 Å². The minimum Gasteiger partial charge on any atom is -0.490 e. The number of halogens is 1. The zero-order valence-electron chi connectivity index (χ0n) is 22.0. The number of fused-ring (bicyclic) bond motifs is 1. The van der Waals surface area contributed by atoms with Gasteiger partial charge in [-0.1, -0.05) is 23.7 Å². The molecule has 1 unspecified atom stereocenters. The molecule has 2 aromatic carbocycles. The van der Waals surface area contributed by atoms with Crippen LogP contribution in [-0.2, 0) is 26.1 Å². The standard InChI is InChI=1S/C30H38ClNO5/c1-5-28(35-4)25-11-8-22(25)17-32-27-16-24(37-19-33)10-13-29(27)36-18-30(20(2)34-3)14-6-7-21-15-23(31)9-12-26(21)30/h5,9-10,12-13,15-16,19-20,22,25,28,32H,1,6-8,11,14,17-18H2,2-4H3/t20?,22-,25+,28-,30+/m0/s1. The third-order valence-electron chi connectivity index (χ3n) is 8.38. The molecule has 2 aromatic rings. The minimum absolute atomic E-state index is 0.0521. The van der Waals surface area contributed by atoms with E-state index in [9.17, 15) is 4.79 Å². The second kappa shape index (κ2) is 12.3. The number of hydrogen-bond donors (Lipinski definition) is 1. The highest BCUT2D eigenvalue weighted by Crippen LogP contribution is 2.44. The third kappa shape index (κ3) is 5.82. The summed E-state index contributed by atoms with van der Waals surface area (Å²) in [7, 11) is 3.48. The third-order valence-corrected chi connectivity index (χ3v) is 8.62. The minimum atomic E-state index is -0.309. The smallest absolute Gasteiger partial charge is 0.298 e. The van der Waals surface area contributed by atoms with E-state index in [0.717, 1.165) is 49.4 Å². The van der Waals surface area contributed by atoms with E-state index in [1.165, 1.54) is 11.1 Å². The number of benzene rings is 2. The molecule has 2 aliphatic carbocycles. The Morgan fingerprint density at radius 2 is 2.03 bits per heavy atom. The van der Waals surface area contributed by atoms with Gasteiger partial charge >= 0.3 is 0 Å². The summed E-state index contributed by atoms with van der Waals surface area (Å²) in [6.07, 6.45) is 7.11. The molecule has 1 saturated carbocycles. The SMILES string of the molecule is C=C[C@H](OC)[C@@H]1CC[C@H]1CNc1cc(OC=O)ccc1OC[C@@]1(C(C)OC)CCCc2cc(Cl)ccc21. The quantitative estimate of drug-likeness (QED) is 0.247. The van der Waals surface area contributed by atoms with Crippen LogP contribution in [0.1, 0.15) is 43.7 Å². The average Bonchev–Trinajstić information content (AvgIpc) is 2.89. The van der Waals surface area contributed by atoms with E-state index in [2.05, 4.69) is 31.0 Å². The van der Waals surface area contributed by atoms with Crippen LogP contribution < -0.4 is 14.8 Å². The predicted molar refractivity (Wildman–Crippen MR) is 147 cm³/mol. The van der Waals surface area contributed by atoms with E-state index in [-0.39, 0.29) is 17.6 Å². The number of anilines is 1. The summed E-state index contributed by atoms with van der Waals surface area (Å²) in [5.74, 6) is 2.07. The van der Waals surface area contributed by atoms with Gasteiger partial charge < -0.3 is 24.3 Å². The molecule has 2 aliphatic rings. The molecule has 0 aromatic heterocycles. The molecule has 37 heavy (non-hydrogen) atoms. The molecular weight excluding hydrogens is 490 g/mol. The van der Waals surface area contributed by atoms with Crippen molar-refractivity contribution >= 4 is 23.8 Å². The summed E-state index contributed by atoms with van der Waals surface area (Å²) in [4.78, 5) is 11.0. The Labute approximate surface area is 225 Å². The van der Waals surface area contributed by atoms with Gasteiger partial charge in [0.05, 0.1) is 23.3 Å². The fourth-order valence-corrected chi connectivity index (χ4v) is 6.17. The van der Waals surface area contributed by atoms with Crippen molar-refractivity contribution in [2.75, 3.05) is 32.7 Å². The number of rotatable bonds is 13. The summed E-state index contributed by atoms with van der Waals surface area (Å²) >= 11 is 6.32. The van der Waals surface area contributed by atoms with Crippen molar-refractivity contribution in [3.8, 4) is 11.5 Å². The first-order chi connectivity index (χ1) is 17.9. The second-order valence-corrected chi connectivity index (χ2v) is 10.6. The van der Waals surface area contributed by atoms with Gasteiger partial charge in [-0.15, -0.1) is 6.58 Å². The first-order valence-corrected chi connectivity index (χ1v) is 13.4. The van der Waals surface area contributed by atoms with Crippen LogP contribution in [-0.4, -0.2) is 46.1 Å². The Balaban J connectivity index is 1.57. The van der Waals surface area contributed by atoms with Gasteiger partial charge in [0.2, 0.25) is 0 Å². The van der Waals surface area contributed by atoms with E-state index in [0.29, 0.717) is 36.4 Å². The highest BCUT2D eigenvalue weighted by Gasteiger charge is 2.43. The van der Waals surface area contributed by atoms with Crippen LogP contribution in [0.15, 0.2) is 49.1 Å². The monoisotopic (exact) mass is 527 g/mol. The van der Waals surface area contributed by atoms with Gasteiger partial charge in [0.1, 0.15) is 18.1 Å². The van der Waals surface area contributed by atoms with Crippen molar-refractivity contribution in [1.82, 2.24) is 0 Å². The Hall–Kier alpha value is -2.54. The molecule has 7 heteroatoms. The molecule has 200 valence electrons. The molecule has 0 bridgehead atoms. The fourth-order valence-electron chi connectivity index (χ4n) is 5.98. The number of hydrogen-bond acceptors (Lipinski definition) is 6. The Morgan fingerprint density at radius 3 is 2.70 bits per heavy atom. The molecule has 0 heterocycles. The summed E-state index contributed by atoms with van der Waals surface area (Å²) in [5.41, 5.74) is 2.98. The number of carbonyl (C=O) groups is 1. The second-order valence-electron chi connectivity index (χ2n) is 10.2. The van der Waals surface area contributed by atoms with Crippen LogP contribution in [0, 0.1) is 11.8 Å². The lowest BCUT2D eigenvalue weighted by Gasteiger charge is -2.43. The van der Waals surface area contributed by atoms with Gasteiger partial charge in [-0.05, 0) is 86.3 Å². The van der Waals surface area contributed by atoms with Gasteiger partial charge in [-0.25, -0.2) is 0 Å².